The van der Waals surface area contributed by atoms with E-state index in [1.165, 1.54) is 0 Å². The van der Waals surface area contributed by atoms with Crippen molar-refractivity contribution in [1.29, 1.82) is 0 Å². The van der Waals surface area contributed by atoms with Crippen LogP contribution in [0.15, 0.2) is 53.4 Å². The van der Waals surface area contributed by atoms with Crippen molar-refractivity contribution in [2.75, 3.05) is 17.5 Å². The number of anilines is 1. The molecule has 0 spiro atoms. The molecule has 2 aromatic carbocycles. The van der Waals surface area contributed by atoms with Crippen LogP contribution in [0.4, 0.5) is 5.69 Å². The van der Waals surface area contributed by atoms with Crippen LogP contribution < -0.4 is 9.44 Å². The largest absolute Gasteiger partial charge is 0.284 e. The standard InChI is InChI=1S/C17H22N2O4S2/c1-14-5-3-7-17(13-14)25(22,23)18-12-4-6-15-8-10-16(11-9-15)19-24(2,20)21/h3,5,7-11,13,18-19H,4,6,12H2,1-2H3. The fraction of sp³-hybridized carbons (Fsp3) is 0.294. The Bertz CT molecular complexity index is 921. The minimum atomic E-state index is -3.49. The molecule has 2 N–H and O–H groups in total. The first-order chi connectivity index (χ1) is 11.7. The molecular formula is C17H22N2O4S2. The van der Waals surface area contributed by atoms with E-state index in [-0.39, 0.29) is 4.90 Å². The highest BCUT2D eigenvalue weighted by atomic mass is 32.2. The van der Waals surface area contributed by atoms with Crippen molar-refractivity contribution in [2.45, 2.75) is 24.7 Å². The van der Waals surface area contributed by atoms with Gasteiger partial charge in [-0.2, -0.15) is 0 Å². The van der Waals surface area contributed by atoms with E-state index < -0.39 is 20.0 Å². The molecule has 2 rings (SSSR count). The zero-order valence-corrected chi connectivity index (χ0v) is 15.8. The molecule has 0 aromatic heterocycles. The summed E-state index contributed by atoms with van der Waals surface area (Å²) in [6.45, 7) is 2.18. The number of nitrogens with one attached hydrogen (secondary N) is 2. The highest BCUT2D eigenvalue weighted by Crippen LogP contribution is 2.13. The lowest BCUT2D eigenvalue weighted by Crippen LogP contribution is -2.25. The summed E-state index contributed by atoms with van der Waals surface area (Å²) >= 11 is 0. The summed E-state index contributed by atoms with van der Waals surface area (Å²) in [6.07, 6.45) is 2.43. The molecule has 6 nitrogen and oxygen atoms in total. The molecule has 0 aliphatic heterocycles. The van der Waals surface area contributed by atoms with Crippen molar-refractivity contribution in [3.63, 3.8) is 0 Å². The Morgan fingerprint density at radius 1 is 0.960 bits per heavy atom. The van der Waals surface area contributed by atoms with Crippen LogP contribution in [0.3, 0.4) is 0 Å². The Morgan fingerprint density at radius 3 is 2.24 bits per heavy atom. The van der Waals surface area contributed by atoms with Crippen LogP contribution in [-0.2, 0) is 26.5 Å². The molecule has 0 unspecified atom stereocenters. The maximum absolute atomic E-state index is 12.2. The molecule has 0 heterocycles. The van der Waals surface area contributed by atoms with Crippen LogP contribution in [0.2, 0.25) is 0 Å². The SMILES string of the molecule is Cc1cccc(S(=O)(=O)NCCCc2ccc(NS(C)(=O)=O)cc2)c1. The molecule has 0 atom stereocenters. The lowest BCUT2D eigenvalue weighted by molar-refractivity contribution is 0.579. The maximum atomic E-state index is 12.2. The third-order valence-corrected chi connectivity index (χ3v) is 5.56. The van der Waals surface area contributed by atoms with Crippen molar-refractivity contribution in [3.05, 3.63) is 59.7 Å². The quantitative estimate of drug-likeness (QED) is 0.685. The first-order valence-corrected chi connectivity index (χ1v) is 11.2. The monoisotopic (exact) mass is 382 g/mol. The lowest BCUT2D eigenvalue weighted by Gasteiger charge is -2.08. The number of rotatable bonds is 8. The van der Waals surface area contributed by atoms with E-state index >= 15 is 0 Å². The molecule has 8 heteroatoms. The summed E-state index contributed by atoms with van der Waals surface area (Å²) in [6, 6.07) is 13.8. The molecule has 0 fully saturated rings. The van der Waals surface area contributed by atoms with Gasteiger partial charge in [0.05, 0.1) is 11.2 Å². The number of aryl methyl sites for hydroxylation is 2. The van der Waals surface area contributed by atoms with Gasteiger partial charge in [-0.05, 0) is 55.2 Å². The van der Waals surface area contributed by atoms with E-state index in [4.69, 9.17) is 0 Å². The van der Waals surface area contributed by atoms with Gasteiger partial charge in [0.15, 0.2) is 0 Å². The average Bonchev–Trinajstić information content (AvgIpc) is 2.52. The molecule has 136 valence electrons. The highest BCUT2D eigenvalue weighted by molar-refractivity contribution is 7.92. The van der Waals surface area contributed by atoms with E-state index in [1.54, 1.807) is 30.3 Å². The molecule has 0 radical (unpaired) electrons. The molecule has 25 heavy (non-hydrogen) atoms. The Hall–Kier alpha value is -1.90. The van der Waals surface area contributed by atoms with E-state index in [0.717, 1.165) is 17.4 Å². The third kappa shape index (κ3) is 6.49. The smallest absolute Gasteiger partial charge is 0.240 e. The van der Waals surface area contributed by atoms with Crippen molar-refractivity contribution < 1.29 is 16.8 Å². The van der Waals surface area contributed by atoms with Crippen molar-refractivity contribution in [1.82, 2.24) is 4.72 Å². The van der Waals surface area contributed by atoms with Gasteiger partial charge in [0.1, 0.15) is 0 Å². The van der Waals surface area contributed by atoms with Gasteiger partial charge in [-0.15, -0.1) is 0 Å². The van der Waals surface area contributed by atoms with Gasteiger partial charge in [0, 0.05) is 12.2 Å². The van der Waals surface area contributed by atoms with Gasteiger partial charge >= 0.3 is 0 Å². The molecule has 2 aromatic rings. The molecule has 0 saturated carbocycles. The van der Waals surface area contributed by atoms with Crippen LogP contribution >= 0.6 is 0 Å². The third-order valence-electron chi connectivity index (χ3n) is 3.49. The molecule has 0 amide bonds. The van der Waals surface area contributed by atoms with Crippen molar-refractivity contribution in [2.24, 2.45) is 0 Å². The van der Waals surface area contributed by atoms with Crippen molar-refractivity contribution >= 4 is 25.7 Å². The number of hydrogen-bond acceptors (Lipinski definition) is 4. The van der Waals surface area contributed by atoms with Crippen LogP contribution in [0.25, 0.3) is 0 Å². The van der Waals surface area contributed by atoms with Crippen LogP contribution in [0.5, 0.6) is 0 Å². The molecule has 0 saturated heterocycles. The van der Waals surface area contributed by atoms with Gasteiger partial charge in [0.25, 0.3) is 0 Å². The normalized spacial score (nSPS) is 12.1. The summed E-state index contributed by atoms with van der Waals surface area (Å²) < 4.78 is 51.7. The van der Waals surface area contributed by atoms with E-state index in [2.05, 4.69) is 9.44 Å². The predicted molar refractivity (Wildman–Crippen MR) is 99.6 cm³/mol. The first-order valence-electron chi connectivity index (χ1n) is 7.79. The fourth-order valence-electron chi connectivity index (χ4n) is 2.32. The summed E-state index contributed by atoms with van der Waals surface area (Å²) in [7, 11) is -6.77. The minimum Gasteiger partial charge on any atom is -0.284 e. The Kier molecular flexibility index (Phi) is 6.21. The minimum absolute atomic E-state index is 0.267. The number of hydrogen-bond donors (Lipinski definition) is 2. The summed E-state index contributed by atoms with van der Waals surface area (Å²) in [5.41, 5.74) is 2.41. The molecular weight excluding hydrogens is 360 g/mol. The lowest BCUT2D eigenvalue weighted by atomic mass is 10.1. The van der Waals surface area contributed by atoms with Gasteiger partial charge in [-0.25, -0.2) is 21.6 Å². The average molecular weight is 383 g/mol. The summed E-state index contributed by atoms with van der Waals surface area (Å²) in [5, 5.41) is 0. The van der Waals surface area contributed by atoms with Crippen LogP contribution in [-0.4, -0.2) is 29.6 Å². The second-order valence-corrected chi connectivity index (χ2v) is 9.40. The Morgan fingerprint density at radius 2 is 1.64 bits per heavy atom. The van der Waals surface area contributed by atoms with Gasteiger partial charge in [-0.3, -0.25) is 4.72 Å². The second-order valence-electron chi connectivity index (χ2n) is 5.89. The molecule has 0 aliphatic carbocycles. The van der Waals surface area contributed by atoms with E-state index in [0.29, 0.717) is 25.1 Å². The molecule has 0 aliphatic rings. The first kappa shape index (κ1) is 19.4. The zero-order valence-electron chi connectivity index (χ0n) is 14.2. The Labute approximate surface area is 149 Å². The predicted octanol–water partition coefficient (Wildman–Crippen LogP) is 2.28. The van der Waals surface area contributed by atoms with Crippen LogP contribution in [0.1, 0.15) is 17.5 Å². The summed E-state index contributed by atoms with van der Waals surface area (Å²) in [5.74, 6) is 0. The number of sulfonamides is 2. The highest BCUT2D eigenvalue weighted by Gasteiger charge is 2.12. The topological polar surface area (TPSA) is 92.3 Å². The van der Waals surface area contributed by atoms with E-state index in [1.807, 2.05) is 25.1 Å². The summed E-state index contributed by atoms with van der Waals surface area (Å²) in [4.78, 5) is 0.267. The Balaban J connectivity index is 1.85. The van der Waals surface area contributed by atoms with Gasteiger partial charge in [0.2, 0.25) is 20.0 Å². The van der Waals surface area contributed by atoms with Crippen LogP contribution in [0, 0.1) is 6.92 Å². The number of benzene rings is 2. The van der Waals surface area contributed by atoms with E-state index in [9.17, 15) is 16.8 Å². The van der Waals surface area contributed by atoms with Gasteiger partial charge in [-0.1, -0.05) is 24.3 Å². The van der Waals surface area contributed by atoms with Gasteiger partial charge < -0.3 is 0 Å². The molecule has 0 bridgehead atoms. The fourth-order valence-corrected chi connectivity index (χ4v) is 4.06. The zero-order chi connectivity index (χ0) is 18.5. The van der Waals surface area contributed by atoms with Crippen molar-refractivity contribution in [3.8, 4) is 0 Å². The maximum Gasteiger partial charge on any atom is 0.240 e. The second kappa shape index (κ2) is 7.99.